The fourth-order valence-electron chi connectivity index (χ4n) is 1.09. The van der Waals surface area contributed by atoms with E-state index in [9.17, 15) is 0 Å². The lowest BCUT2D eigenvalue weighted by molar-refractivity contribution is 0.519. The lowest BCUT2D eigenvalue weighted by Crippen LogP contribution is -2.21. The van der Waals surface area contributed by atoms with Crippen molar-refractivity contribution < 1.29 is 0 Å². The van der Waals surface area contributed by atoms with Gasteiger partial charge >= 0.3 is 0 Å². The summed E-state index contributed by atoms with van der Waals surface area (Å²) in [6.45, 7) is 3.02. The molecule has 4 heteroatoms. The molecule has 0 aliphatic rings. The van der Waals surface area contributed by atoms with E-state index in [-0.39, 0.29) is 0 Å². The molecule has 0 atom stereocenters. The number of rotatable bonds is 4. The second-order valence-electron chi connectivity index (χ2n) is 3.10. The van der Waals surface area contributed by atoms with Crippen molar-refractivity contribution in [1.82, 2.24) is 4.90 Å². The van der Waals surface area contributed by atoms with Crippen LogP contribution >= 0.6 is 33.8 Å². The number of benzene rings is 1. The average molecular weight is 257 g/mol. The zero-order valence-corrected chi connectivity index (χ0v) is 11.4. The van der Waals surface area contributed by atoms with Gasteiger partial charge in [0.1, 0.15) is 4.32 Å². The van der Waals surface area contributed by atoms with Crippen molar-refractivity contribution in [2.45, 2.75) is 13.5 Å². The van der Waals surface area contributed by atoms with Gasteiger partial charge in [0.15, 0.2) is 0 Å². The van der Waals surface area contributed by atoms with Crippen LogP contribution in [0.1, 0.15) is 12.5 Å². The van der Waals surface area contributed by atoms with Gasteiger partial charge in [0.05, 0.1) is 0 Å². The fraction of sp³-hybridized carbons (Fsp3) is 0.364. The molecule has 0 spiro atoms. The van der Waals surface area contributed by atoms with E-state index in [0.717, 1.165) is 16.6 Å². The first-order chi connectivity index (χ1) is 7.24. The Kier molecular flexibility index (Phi) is 6.13. The van der Waals surface area contributed by atoms with Crippen LogP contribution in [0.3, 0.4) is 0 Å². The highest BCUT2D eigenvalue weighted by molar-refractivity contribution is 8.83. The monoisotopic (exact) mass is 257 g/mol. The lowest BCUT2D eigenvalue weighted by atomic mass is 10.2. The molecule has 1 aromatic rings. The third-order valence-corrected chi connectivity index (χ3v) is 5.04. The molecule has 0 amide bonds. The van der Waals surface area contributed by atoms with Crippen LogP contribution in [0.2, 0.25) is 0 Å². The molecule has 1 rings (SSSR count). The van der Waals surface area contributed by atoms with Crippen LogP contribution in [0.25, 0.3) is 0 Å². The number of hydrogen-bond acceptors (Lipinski definition) is 3. The van der Waals surface area contributed by atoms with Crippen LogP contribution in [0.15, 0.2) is 30.3 Å². The second kappa shape index (κ2) is 7.14. The highest BCUT2D eigenvalue weighted by Gasteiger charge is 2.05. The smallest absolute Gasteiger partial charge is 0.147 e. The Hall–Kier alpha value is -0.190. The normalized spacial score (nSPS) is 10.0. The molecule has 0 unspecified atom stereocenters. The Morgan fingerprint density at radius 1 is 1.33 bits per heavy atom. The summed E-state index contributed by atoms with van der Waals surface area (Å²) in [5, 5.41) is 0. The average Bonchev–Trinajstić information content (AvgIpc) is 2.27. The molecule has 0 aliphatic heterocycles. The van der Waals surface area contributed by atoms with Gasteiger partial charge in [-0.1, -0.05) is 60.3 Å². The molecule has 0 aromatic heterocycles. The molecule has 0 heterocycles. The Morgan fingerprint density at radius 3 is 2.60 bits per heavy atom. The lowest BCUT2D eigenvalue weighted by Gasteiger charge is -2.18. The molecular formula is C11H15NS3. The maximum atomic E-state index is 5.31. The second-order valence-corrected chi connectivity index (χ2v) is 6.32. The molecule has 0 saturated heterocycles. The van der Waals surface area contributed by atoms with E-state index >= 15 is 0 Å². The van der Waals surface area contributed by atoms with Crippen molar-refractivity contribution in [2.75, 3.05) is 12.8 Å². The van der Waals surface area contributed by atoms with Gasteiger partial charge in [0.2, 0.25) is 0 Å². The molecule has 0 saturated carbocycles. The largest absolute Gasteiger partial charge is 0.356 e. The van der Waals surface area contributed by atoms with Gasteiger partial charge in [0.25, 0.3) is 0 Å². The van der Waals surface area contributed by atoms with Crippen molar-refractivity contribution in [2.24, 2.45) is 0 Å². The minimum absolute atomic E-state index is 0.886. The van der Waals surface area contributed by atoms with E-state index in [1.807, 2.05) is 13.1 Å². The van der Waals surface area contributed by atoms with Crippen LogP contribution in [-0.2, 0) is 6.54 Å². The predicted molar refractivity (Wildman–Crippen MR) is 76.2 cm³/mol. The summed E-state index contributed by atoms with van der Waals surface area (Å²) in [5.41, 5.74) is 1.30. The quantitative estimate of drug-likeness (QED) is 0.596. The van der Waals surface area contributed by atoms with Gasteiger partial charge in [-0.2, -0.15) is 0 Å². The standard InChI is InChI=1S/C11H15NS3/c1-3-14-15-11(13)12(2)9-10-7-5-4-6-8-10/h4-8H,3,9H2,1-2H3. The van der Waals surface area contributed by atoms with Crippen molar-refractivity contribution in [1.29, 1.82) is 0 Å². The molecule has 15 heavy (non-hydrogen) atoms. The first kappa shape index (κ1) is 12.9. The highest BCUT2D eigenvalue weighted by Crippen LogP contribution is 2.24. The van der Waals surface area contributed by atoms with Crippen LogP contribution in [0.4, 0.5) is 0 Å². The molecule has 0 fully saturated rings. The molecule has 1 nitrogen and oxygen atoms in total. The van der Waals surface area contributed by atoms with Crippen LogP contribution in [0, 0.1) is 0 Å². The molecule has 82 valence electrons. The Balaban J connectivity index is 2.41. The van der Waals surface area contributed by atoms with Crippen molar-refractivity contribution >= 4 is 38.1 Å². The van der Waals surface area contributed by atoms with E-state index in [1.165, 1.54) is 5.56 Å². The number of nitrogens with zero attached hydrogens (tertiary/aromatic N) is 1. The van der Waals surface area contributed by atoms with E-state index in [2.05, 4.69) is 36.1 Å². The minimum atomic E-state index is 0.886. The predicted octanol–water partition coefficient (Wildman–Crippen LogP) is 3.80. The van der Waals surface area contributed by atoms with Crippen LogP contribution in [-0.4, -0.2) is 22.0 Å². The third-order valence-electron chi connectivity index (χ3n) is 1.82. The summed E-state index contributed by atoms with van der Waals surface area (Å²) >= 11 is 5.31. The van der Waals surface area contributed by atoms with Crippen LogP contribution < -0.4 is 0 Å². The van der Waals surface area contributed by atoms with Gasteiger partial charge in [0, 0.05) is 19.3 Å². The first-order valence-electron chi connectivity index (χ1n) is 4.82. The Bertz CT molecular complexity index is 300. The van der Waals surface area contributed by atoms with E-state index in [0.29, 0.717) is 0 Å². The van der Waals surface area contributed by atoms with Gasteiger partial charge in [-0.05, 0) is 16.4 Å². The molecule has 0 aliphatic carbocycles. The minimum Gasteiger partial charge on any atom is -0.356 e. The Labute approximate surface area is 105 Å². The summed E-state index contributed by atoms with van der Waals surface area (Å²) in [4.78, 5) is 2.11. The van der Waals surface area contributed by atoms with Crippen molar-refractivity contribution in [3.8, 4) is 0 Å². The summed E-state index contributed by atoms with van der Waals surface area (Å²) in [5.74, 6) is 1.09. The van der Waals surface area contributed by atoms with Gasteiger partial charge in [-0.25, -0.2) is 0 Å². The molecule has 1 aromatic carbocycles. The fourth-order valence-corrected chi connectivity index (χ4v) is 3.04. The topological polar surface area (TPSA) is 3.24 Å². The zero-order valence-electron chi connectivity index (χ0n) is 8.97. The van der Waals surface area contributed by atoms with E-state index < -0.39 is 0 Å². The summed E-state index contributed by atoms with van der Waals surface area (Å²) in [6, 6.07) is 10.4. The maximum Gasteiger partial charge on any atom is 0.147 e. The highest BCUT2D eigenvalue weighted by atomic mass is 33.1. The summed E-state index contributed by atoms with van der Waals surface area (Å²) in [6.07, 6.45) is 0. The van der Waals surface area contributed by atoms with Crippen LogP contribution in [0.5, 0.6) is 0 Å². The van der Waals surface area contributed by atoms with E-state index in [4.69, 9.17) is 12.2 Å². The van der Waals surface area contributed by atoms with Gasteiger partial charge < -0.3 is 4.90 Å². The number of thiocarbonyl (C=S) groups is 1. The molecule has 0 bridgehead atoms. The number of hydrogen-bond donors (Lipinski definition) is 0. The van der Waals surface area contributed by atoms with Crippen molar-refractivity contribution in [3.63, 3.8) is 0 Å². The molecular weight excluding hydrogens is 242 g/mol. The third kappa shape index (κ3) is 4.91. The van der Waals surface area contributed by atoms with E-state index in [1.54, 1.807) is 21.6 Å². The Morgan fingerprint density at radius 2 is 2.00 bits per heavy atom. The molecule has 0 N–H and O–H groups in total. The zero-order chi connectivity index (χ0) is 11.1. The maximum absolute atomic E-state index is 5.31. The van der Waals surface area contributed by atoms with Crippen molar-refractivity contribution in [3.05, 3.63) is 35.9 Å². The SMILES string of the molecule is CCSSC(=S)N(C)Cc1ccccc1. The first-order valence-corrected chi connectivity index (χ1v) is 7.55. The molecule has 0 radical (unpaired) electrons. The van der Waals surface area contributed by atoms with Gasteiger partial charge in [-0.3, -0.25) is 0 Å². The summed E-state index contributed by atoms with van der Waals surface area (Å²) in [7, 11) is 5.51. The van der Waals surface area contributed by atoms with Gasteiger partial charge in [-0.15, -0.1) is 0 Å². The summed E-state index contributed by atoms with van der Waals surface area (Å²) < 4.78 is 0.950.